The molecule has 2 rings (SSSR count). The molecule has 0 saturated carbocycles. The van der Waals surface area contributed by atoms with Crippen molar-refractivity contribution in [2.45, 2.75) is 26.7 Å². The summed E-state index contributed by atoms with van der Waals surface area (Å²) in [5, 5.41) is 2.88. The van der Waals surface area contributed by atoms with Crippen molar-refractivity contribution in [2.75, 3.05) is 20.3 Å². The second-order valence-corrected chi connectivity index (χ2v) is 5.79. The maximum absolute atomic E-state index is 11.9. The predicted octanol–water partition coefficient (Wildman–Crippen LogP) is 3.44. The van der Waals surface area contributed by atoms with Gasteiger partial charge in [-0.25, -0.2) is 0 Å². The van der Waals surface area contributed by atoms with E-state index in [-0.39, 0.29) is 5.91 Å². The SMILES string of the molecule is COc1ccc(OCCNC(=O)CCc2ccc(C)c(C)c2)cc1. The molecule has 0 aliphatic carbocycles. The Morgan fingerprint density at radius 2 is 1.71 bits per heavy atom. The highest BCUT2D eigenvalue weighted by atomic mass is 16.5. The van der Waals surface area contributed by atoms with Crippen molar-refractivity contribution in [3.05, 3.63) is 59.2 Å². The molecule has 2 aromatic rings. The van der Waals surface area contributed by atoms with E-state index in [4.69, 9.17) is 9.47 Å². The molecule has 4 heteroatoms. The second kappa shape index (κ2) is 8.96. The Morgan fingerprint density at radius 3 is 2.38 bits per heavy atom. The lowest BCUT2D eigenvalue weighted by molar-refractivity contribution is -0.121. The Bertz CT molecular complexity index is 665. The predicted molar refractivity (Wildman–Crippen MR) is 95.7 cm³/mol. The number of carbonyl (C=O) groups excluding carboxylic acids is 1. The monoisotopic (exact) mass is 327 g/mol. The fraction of sp³-hybridized carbons (Fsp3) is 0.350. The summed E-state index contributed by atoms with van der Waals surface area (Å²) in [6, 6.07) is 13.7. The first-order valence-electron chi connectivity index (χ1n) is 8.18. The van der Waals surface area contributed by atoms with E-state index < -0.39 is 0 Å². The standard InChI is InChI=1S/C20H25NO3/c1-15-4-5-17(14-16(15)2)6-11-20(22)21-12-13-24-19-9-7-18(23-3)8-10-19/h4-5,7-10,14H,6,11-13H2,1-3H3,(H,21,22). The van der Waals surface area contributed by atoms with Gasteiger partial charge in [0.05, 0.1) is 13.7 Å². The number of carbonyl (C=O) groups is 1. The summed E-state index contributed by atoms with van der Waals surface area (Å²) in [5.41, 5.74) is 3.74. The van der Waals surface area contributed by atoms with Crippen LogP contribution in [0, 0.1) is 13.8 Å². The Balaban J connectivity index is 1.64. The maximum Gasteiger partial charge on any atom is 0.220 e. The van der Waals surface area contributed by atoms with Crippen LogP contribution in [0.4, 0.5) is 0 Å². The molecule has 1 amide bonds. The molecule has 0 saturated heterocycles. The van der Waals surface area contributed by atoms with Crippen molar-refractivity contribution in [3.63, 3.8) is 0 Å². The molecule has 0 heterocycles. The van der Waals surface area contributed by atoms with Crippen molar-refractivity contribution in [2.24, 2.45) is 0 Å². The second-order valence-electron chi connectivity index (χ2n) is 5.79. The van der Waals surface area contributed by atoms with Gasteiger partial charge < -0.3 is 14.8 Å². The van der Waals surface area contributed by atoms with Crippen LogP contribution in [0.5, 0.6) is 11.5 Å². The van der Waals surface area contributed by atoms with Crippen molar-refractivity contribution in [1.82, 2.24) is 5.32 Å². The number of ether oxygens (including phenoxy) is 2. The topological polar surface area (TPSA) is 47.6 Å². The minimum atomic E-state index is 0.0477. The fourth-order valence-corrected chi connectivity index (χ4v) is 2.34. The summed E-state index contributed by atoms with van der Waals surface area (Å²) in [5.74, 6) is 1.61. The minimum Gasteiger partial charge on any atom is -0.497 e. The quantitative estimate of drug-likeness (QED) is 0.756. The number of aryl methyl sites for hydroxylation is 3. The van der Waals surface area contributed by atoms with Crippen LogP contribution in [-0.4, -0.2) is 26.2 Å². The van der Waals surface area contributed by atoms with E-state index in [0.29, 0.717) is 19.6 Å². The van der Waals surface area contributed by atoms with E-state index in [2.05, 4.69) is 37.4 Å². The molecule has 0 radical (unpaired) electrons. The molecule has 4 nitrogen and oxygen atoms in total. The zero-order valence-electron chi connectivity index (χ0n) is 14.6. The molecule has 0 aliphatic rings. The first-order valence-corrected chi connectivity index (χ1v) is 8.18. The van der Waals surface area contributed by atoms with Gasteiger partial charge in [-0.2, -0.15) is 0 Å². The number of amides is 1. The number of hydrogen-bond acceptors (Lipinski definition) is 3. The first-order chi connectivity index (χ1) is 11.6. The summed E-state index contributed by atoms with van der Waals surface area (Å²) in [4.78, 5) is 11.9. The van der Waals surface area contributed by atoms with Crippen LogP contribution in [0.2, 0.25) is 0 Å². The van der Waals surface area contributed by atoms with Crippen LogP contribution in [0.3, 0.4) is 0 Å². The average molecular weight is 327 g/mol. The summed E-state index contributed by atoms with van der Waals surface area (Å²) in [6.07, 6.45) is 1.25. The van der Waals surface area contributed by atoms with Crippen molar-refractivity contribution < 1.29 is 14.3 Å². The van der Waals surface area contributed by atoms with Gasteiger partial charge in [0.2, 0.25) is 5.91 Å². The third kappa shape index (κ3) is 5.61. The highest BCUT2D eigenvalue weighted by molar-refractivity contribution is 5.76. The molecule has 0 aromatic heterocycles. The highest BCUT2D eigenvalue weighted by Gasteiger charge is 2.03. The van der Waals surface area contributed by atoms with E-state index in [9.17, 15) is 4.79 Å². The van der Waals surface area contributed by atoms with Gasteiger partial charge in [-0.3, -0.25) is 4.79 Å². The average Bonchev–Trinajstić information content (AvgIpc) is 2.60. The Morgan fingerprint density at radius 1 is 1.00 bits per heavy atom. The van der Waals surface area contributed by atoms with Crippen LogP contribution in [-0.2, 0) is 11.2 Å². The summed E-state index contributed by atoms with van der Waals surface area (Å²) in [6.45, 7) is 5.13. The number of hydrogen-bond donors (Lipinski definition) is 1. The first kappa shape index (κ1) is 17.9. The molecule has 24 heavy (non-hydrogen) atoms. The van der Waals surface area contributed by atoms with Crippen molar-refractivity contribution >= 4 is 5.91 Å². The Kier molecular flexibility index (Phi) is 6.67. The van der Waals surface area contributed by atoms with E-state index >= 15 is 0 Å². The largest absolute Gasteiger partial charge is 0.497 e. The third-order valence-electron chi connectivity index (χ3n) is 3.96. The van der Waals surface area contributed by atoms with Gasteiger partial charge in [0, 0.05) is 6.42 Å². The smallest absolute Gasteiger partial charge is 0.220 e. The van der Waals surface area contributed by atoms with Gasteiger partial charge in [0.25, 0.3) is 0 Å². The molecule has 0 atom stereocenters. The third-order valence-corrected chi connectivity index (χ3v) is 3.96. The molecular formula is C20H25NO3. The van der Waals surface area contributed by atoms with Crippen molar-refractivity contribution in [3.8, 4) is 11.5 Å². The lowest BCUT2D eigenvalue weighted by atomic mass is 10.0. The molecule has 0 fully saturated rings. The molecular weight excluding hydrogens is 302 g/mol. The molecule has 0 spiro atoms. The van der Waals surface area contributed by atoms with E-state index in [1.165, 1.54) is 16.7 Å². The lowest BCUT2D eigenvalue weighted by Gasteiger charge is -2.09. The summed E-state index contributed by atoms with van der Waals surface area (Å²) in [7, 11) is 1.63. The van der Waals surface area contributed by atoms with Crippen LogP contribution in [0.1, 0.15) is 23.1 Å². The van der Waals surface area contributed by atoms with Crippen LogP contribution < -0.4 is 14.8 Å². The lowest BCUT2D eigenvalue weighted by Crippen LogP contribution is -2.28. The van der Waals surface area contributed by atoms with E-state index in [0.717, 1.165) is 17.9 Å². The van der Waals surface area contributed by atoms with E-state index in [1.807, 2.05) is 24.3 Å². The van der Waals surface area contributed by atoms with Gasteiger partial charge in [0.1, 0.15) is 18.1 Å². The Hall–Kier alpha value is -2.49. The van der Waals surface area contributed by atoms with Gasteiger partial charge in [0.15, 0.2) is 0 Å². The molecule has 0 aliphatic heterocycles. The summed E-state index contributed by atoms with van der Waals surface area (Å²) >= 11 is 0. The number of rotatable bonds is 8. The zero-order chi connectivity index (χ0) is 17.4. The van der Waals surface area contributed by atoms with Crippen LogP contribution >= 0.6 is 0 Å². The normalized spacial score (nSPS) is 10.3. The molecule has 0 unspecified atom stereocenters. The maximum atomic E-state index is 11.9. The minimum absolute atomic E-state index is 0.0477. The molecule has 1 N–H and O–H groups in total. The number of methoxy groups -OCH3 is 1. The molecule has 128 valence electrons. The van der Waals surface area contributed by atoms with Crippen molar-refractivity contribution in [1.29, 1.82) is 0 Å². The highest BCUT2D eigenvalue weighted by Crippen LogP contribution is 2.16. The van der Waals surface area contributed by atoms with Gasteiger partial charge >= 0.3 is 0 Å². The van der Waals surface area contributed by atoms with Crippen LogP contribution in [0.15, 0.2) is 42.5 Å². The van der Waals surface area contributed by atoms with Crippen LogP contribution in [0.25, 0.3) is 0 Å². The summed E-state index contributed by atoms with van der Waals surface area (Å²) < 4.78 is 10.7. The van der Waals surface area contributed by atoms with Gasteiger partial charge in [-0.15, -0.1) is 0 Å². The van der Waals surface area contributed by atoms with Gasteiger partial charge in [-0.05, 0) is 61.2 Å². The molecule has 0 bridgehead atoms. The fourth-order valence-electron chi connectivity index (χ4n) is 2.34. The van der Waals surface area contributed by atoms with Gasteiger partial charge in [-0.1, -0.05) is 18.2 Å². The van der Waals surface area contributed by atoms with E-state index in [1.54, 1.807) is 7.11 Å². The number of benzene rings is 2. The zero-order valence-corrected chi connectivity index (χ0v) is 14.6. The Labute approximate surface area is 143 Å². The molecule has 2 aromatic carbocycles. The number of nitrogens with one attached hydrogen (secondary N) is 1.